The van der Waals surface area contributed by atoms with Crippen molar-refractivity contribution in [3.05, 3.63) is 40.1 Å². The second-order valence-electron chi connectivity index (χ2n) is 6.09. The number of carbonyl (C=O) groups is 1. The van der Waals surface area contributed by atoms with Gasteiger partial charge < -0.3 is 9.88 Å². The number of amides is 1. The van der Waals surface area contributed by atoms with Crippen molar-refractivity contribution in [2.45, 2.75) is 38.4 Å². The van der Waals surface area contributed by atoms with E-state index in [0.29, 0.717) is 19.1 Å². The summed E-state index contributed by atoms with van der Waals surface area (Å²) in [6.45, 7) is 2.83. The third-order valence-electron chi connectivity index (χ3n) is 4.37. The van der Waals surface area contributed by atoms with Gasteiger partial charge in [-0.05, 0) is 24.3 Å². The van der Waals surface area contributed by atoms with Gasteiger partial charge in [0.2, 0.25) is 5.91 Å². The lowest BCUT2D eigenvalue weighted by atomic mass is 10.1. The Labute approximate surface area is 134 Å². The van der Waals surface area contributed by atoms with Gasteiger partial charge in [0.25, 0.3) is 0 Å². The summed E-state index contributed by atoms with van der Waals surface area (Å²) >= 11 is 1.67. The van der Waals surface area contributed by atoms with Gasteiger partial charge in [-0.3, -0.25) is 9.69 Å². The highest BCUT2D eigenvalue weighted by Gasteiger charge is 2.29. The molecule has 0 aromatic carbocycles. The number of thiophene rings is 1. The molecule has 4 rings (SSSR count). The Morgan fingerprint density at radius 3 is 3.14 bits per heavy atom. The van der Waals surface area contributed by atoms with Crippen LogP contribution in [0, 0.1) is 0 Å². The smallest absolute Gasteiger partial charge is 0.234 e. The Morgan fingerprint density at radius 1 is 1.45 bits per heavy atom. The molecule has 1 amide bonds. The number of nitrogens with one attached hydrogen (secondary N) is 1. The predicted octanol–water partition coefficient (Wildman–Crippen LogP) is 1.95. The molecule has 1 N–H and O–H groups in total. The number of hydrogen-bond donors (Lipinski definition) is 1. The highest BCUT2D eigenvalue weighted by atomic mass is 32.1. The summed E-state index contributed by atoms with van der Waals surface area (Å²) in [5, 5.41) is 5.03. The molecule has 116 valence electrons. The first-order valence-electron chi connectivity index (χ1n) is 7.85. The van der Waals surface area contributed by atoms with Crippen LogP contribution in [0.25, 0.3) is 0 Å². The average molecular weight is 316 g/mol. The van der Waals surface area contributed by atoms with Crippen molar-refractivity contribution < 1.29 is 4.79 Å². The van der Waals surface area contributed by atoms with E-state index in [-0.39, 0.29) is 5.91 Å². The quantitative estimate of drug-likeness (QED) is 0.917. The molecule has 3 heterocycles. The van der Waals surface area contributed by atoms with Gasteiger partial charge in [-0.2, -0.15) is 0 Å². The van der Waals surface area contributed by atoms with Gasteiger partial charge in [0.05, 0.1) is 25.1 Å². The standard InChI is InChI=1S/C16H20N4OS/c21-16(17-8-13-2-1-7-22-13)10-19-6-5-15-14(9-19)18-11-20(15)12-3-4-12/h1-2,7,11-12H,3-6,8-10H2,(H,17,21). The van der Waals surface area contributed by atoms with Crippen molar-refractivity contribution in [3.8, 4) is 0 Å². The van der Waals surface area contributed by atoms with Crippen LogP contribution in [0.3, 0.4) is 0 Å². The maximum atomic E-state index is 12.1. The average Bonchev–Trinajstić information content (AvgIpc) is 3.07. The summed E-state index contributed by atoms with van der Waals surface area (Å²) in [4.78, 5) is 20.0. The lowest BCUT2D eigenvalue weighted by molar-refractivity contribution is -0.122. The molecule has 6 heteroatoms. The molecule has 0 spiro atoms. The molecule has 1 aliphatic heterocycles. The van der Waals surface area contributed by atoms with Crippen molar-refractivity contribution in [3.63, 3.8) is 0 Å². The molecule has 0 saturated heterocycles. The maximum Gasteiger partial charge on any atom is 0.234 e. The van der Waals surface area contributed by atoms with E-state index >= 15 is 0 Å². The number of carbonyl (C=O) groups excluding carboxylic acids is 1. The SMILES string of the molecule is O=C(CN1CCc2c(ncn2C2CC2)C1)NCc1cccs1. The van der Waals surface area contributed by atoms with E-state index in [0.717, 1.165) is 25.2 Å². The van der Waals surface area contributed by atoms with Gasteiger partial charge in [0, 0.05) is 36.1 Å². The molecule has 0 bridgehead atoms. The van der Waals surface area contributed by atoms with E-state index in [1.807, 2.05) is 23.8 Å². The molecule has 0 radical (unpaired) electrons. The van der Waals surface area contributed by atoms with Crippen LogP contribution in [0.5, 0.6) is 0 Å². The number of rotatable bonds is 5. The molecule has 22 heavy (non-hydrogen) atoms. The topological polar surface area (TPSA) is 50.2 Å². The lowest BCUT2D eigenvalue weighted by Gasteiger charge is -2.26. The number of imidazole rings is 1. The summed E-state index contributed by atoms with van der Waals surface area (Å²) in [7, 11) is 0. The predicted molar refractivity (Wildman–Crippen MR) is 85.6 cm³/mol. The Morgan fingerprint density at radius 2 is 2.36 bits per heavy atom. The Balaban J connectivity index is 1.31. The fourth-order valence-electron chi connectivity index (χ4n) is 3.05. The summed E-state index contributed by atoms with van der Waals surface area (Å²) in [6.07, 6.45) is 5.57. The van der Waals surface area contributed by atoms with E-state index < -0.39 is 0 Å². The second kappa shape index (κ2) is 5.85. The van der Waals surface area contributed by atoms with Gasteiger partial charge in [0.15, 0.2) is 0 Å². The van der Waals surface area contributed by atoms with E-state index in [2.05, 4.69) is 19.8 Å². The van der Waals surface area contributed by atoms with Crippen LogP contribution in [-0.4, -0.2) is 33.4 Å². The number of fused-ring (bicyclic) bond motifs is 1. The summed E-state index contributed by atoms with van der Waals surface area (Å²) in [6, 6.07) is 4.74. The van der Waals surface area contributed by atoms with Crippen LogP contribution in [0.2, 0.25) is 0 Å². The van der Waals surface area contributed by atoms with Gasteiger partial charge >= 0.3 is 0 Å². The van der Waals surface area contributed by atoms with Gasteiger partial charge in [-0.1, -0.05) is 6.07 Å². The molecule has 5 nitrogen and oxygen atoms in total. The number of nitrogens with zero attached hydrogens (tertiary/aromatic N) is 3. The van der Waals surface area contributed by atoms with Crippen LogP contribution < -0.4 is 5.32 Å². The molecule has 2 aromatic heterocycles. The van der Waals surface area contributed by atoms with Crippen molar-refractivity contribution in [2.75, 3.05) is 13.1 Å². The molecular weight excluding hydrogens is 296 g/mol. The van der Waals surface area contributed by atoms with Crippen LogP contribution >= 0.6 is 11.3 Å². The zero-order valence-electron chi connectivity index (χ0n) is 12.5. The number of aromatic nitrogens is 2. The molecule has 2 aliphatic rings. The van der Waals surface area contributed by atoms with Crippen molar-refractivity contribution >= 4 is 17.2 Å². The maximum absolute atomic E-state index is 12.1. The zero-order chi connectivity index (χ0) is 14.9. The minimum Gasteiger partial charge on any atom is -0.350 e. The van der Waals surface area contributed by atoms with Crippen molar-refractivity contribution in [1.82, 2.24) is 19.8 Å². The molecule has 0 unspecified atom stereocenters. The third-order valence-corrected chi connectivity index (χ3v) is 5.24. The summed E-state index contributed by atoms with van der Waals surface area (Å²) in [5.41, 5.74) is 2.54. The highest BCUT2D eigenvalue weighted by Crippen LogP contribution is 2.37. The molecule has 0 atom stereocenters. The third kappa shape index (κ3) is 2.94. The van der Waals surface area contributed by atoms with Gasteiger partial charge in [0.1, 0.15) is 0 Å². The van der Waals surface area contributed by atoms with Gasteiger partial charge in [-0.25, -0.2) is 4.98 Å². The largest absolute Gasteiger partial charge is 0.350 e. The molecule has 1 aliphatic carbocycles. The first kappa shape index (κ1) is 14.0. The van der Waals surface area contributed by atoms with Crippen LogP contribution in [0.4, 0.5) is 0 Å². The fourth-order valence-corrected chi connectivity index (χ4v) is 3.69. The fraction of sp³-hybridized carbons (Fsp3) is 0.500. The summed E-state index contributed by atoms with van der Waals surface area (Å²) in [5.74, 6) is 0.0958. The molecule has 2 aromatic rings. The first-order valence-corrected chi connectivity index (χ1v) is 8.73. The Kier molecular flexibility index (Phi) is 3.72. The van der Waals surface area contributed by atoms with Crippen LogP contribution in [0.15, 0.2) is 23.8 Å². The van der Waals surface area contributed by atoms with E-state index in [1.165, 1.54) is 23.4 Å². The Bertz CT molecular complexity index is 660. The Hall–Kier alpha value is -1.66. The van der Waals surface area contributed by atoms with E-state index in [1.54, 1.807) is 11.3 Å². The lowest BCUT2D eigenvalue weighted by Crippen LogP contribution is -2.39. The van der Waals surface area contributed by atoms with E-state index in [9.17, 15) is 4.79 Å². The highest BCUT2D eigenvalue weighted by molar-refractivity contribution is 7.09. The zero-order valence-corrected chi connectivity index (χ0v) is 13.3. The first-order chi connectivity index (χ1) is 10.8. The number of hydrogen-bond acceptors (Lipinski definition) is 4. The van der Waals surface area contributed by atoms with Gasteiger partial charge in [-0.15, -0.1) is 11.3 Å². The van der Waals surface area contributed by atoms with Crippen LogP contribution in [-0.2, 0) is 24.3 Å². The van der Waals surface area contributed by atoms with E-state index in [4.69, 9.17) is 0 Å². The van der Waals surface area contributed by atoms with Crippen molar-refractivity contribution in [1.29, 1.82) is 0 Å². The monoisotopic (exact) mass is 316 g/mol. The second-order valence-corrected chi connectivity index (χ2v) is 7.13. The molecule has 1 saturated carbocycles. The minimum atomic E-state index is 0.0958. The molecule has 1 fully saturated rings. The van der Waals surface area contributed by atoms with Crippen molar-refractivity contribution in [2.24, 2.45) is 0 Å². The summed E-state index contributed by atoms with van der Waals surface area (Å²) < 4.78 is 2.35. The van der Waals surface area contributed by atoms with Crippen LogP contribution in [0.1, 0.15) is 35.1 Å². The minimum absolute atomic E-state index is 0.0958. The normalized spacial score (nSPS) is 18.2. The molecular formula is C16H20N4OS.